The maximum Gasteiger partial charge on any atom is 0.299 e. The van der Waals surface area contributed by atoms with Crippen molar-refractivity contribution in [2.75, 3.05) is 0 Å². The number of hydrogen-bond acceptors (Lipinski definition) is 2. The van der Waals surface area contributed by atoms with Crippen LogP contribution in [0.25, 0.3) is 66.4 Å². The van der Waals surface area contributed by atoms with E-state index in [0.29, 0.717) is 5.65 Å². The number of benzene rings is 5. The van der Waals surface area contributed by atoms with Crippen LogP contribution in [0.5, 0.6) is 0 Å². The summed E-state index contributed by atoms with van der Waals surface area (Å²) in [6.07, 6.45) is 0. The Labute approximate surface area is 194 Å². The summed E-state index contributed by atoms with van der Waals surface area (Å²) in [5.41, 5.74) is 9.69. The van der Waals surface area contributed by atoms with Crippen LogP contribution in [0.3, 0.4) is 0 Å². The highest BCUT2D eigenvalue weighted by Gasteiger charge is 2.24. The van der Waals surface area contributed by atoms with Crippen molar-refractivity contribution < 1.29 is 0 Å². The molecule has 2 aromatic heterocycles. The second-order valence-electron chi connectivity index (χ2n) is 8.79. The molecule has 4 heteroatoms. The fraction of sp³-hybridized carbons (Fsp3) is 0. The van der Waals surface area contributed by atoms with Gasteiger partial charge in [0, 0.05) is 5.39 Å². The largest absolute Gasteiger partial charge is 0.299 e. The zero-order chi connectivity index (χ0) is 22.4. The van der Waals surface area contributed by atoms with Gasteiger partial charge in [-0.1, -0.05) is 72.8 Å². The highest BCUT2D eigenvalue weighted by molar-refractivity contribution is 6.17. The van der Waals surface area contributed by atoms with Crippen LogP contribution in [0.15, 0.2) is 108 Å². The molecule has 0 saturated heterocycles. The van der Waals surface area contributed by atoms with Gasteiger partial charge in [-0.25, -0.2) is 4.98 Å². The second kappa shape index (κ2) is 6.21. The number of para-hydroxylation sites is 4. The van der Waals surface area contributed by atoms with Crippen LogP contribution < -0.4 is 5.56 Å². The average molecular weight is 435 g/mol. The molecule has 0 N–H and O–H groups in total. The molecule has 0 fully saturated rings. The smallest absolute Gasteiger partial charge is 0.286 e. The first-order valence-electron chi connectivity index (χ1n) is 11.4. The number of nitrogens with zero attached hydrogens (tertiary/aromatic N) is 3. The summed E-state index contributed by atoms with van der Waals surface area (Å²) in [4.78, 5) is 18.8. The maximum absolute atomic E-state index is 14.0. The first-order chi connectivity index (χ1) is 16.8. The molecule has 0 bridgehead atoms. The molecule has 1 aliphatic rings. The summed E-state index contributed by atoms with van der Waals surface area (Å²) in [6.45, 7) is 0. The quantitative estimate of drug-likeness (QED) is 0.292. The van der Waals surface area contributed by atoms with Gasteiger partial charge in [0.1, 0.15) is 0 Å². The fourth-order valence-electron chi connectivity index (χ4n) is 5.69. The first-order valence-corrected chi connectivity index (χ1v) is 11.4. The summed E-state index contributed by atoms with van der Waals surface area (Å²) < 4.78 is 3.82. The van der Waals surface area contributed by atoms with E-state index in [1.165, 1.54) is 27.6 Å². The van der Waals surface area contributed by atoms with Crippen molar-refractivity contribution in [3.05, 3.63) is 113 Å². The monoisotopic (exact) mass is 435 g/mol. The van der Waals surface area contributed by atoms with E-state index in [4.69, 9.17) is 4.98 Å². The van der Waals surface area contributed by atoms with E-state index in [-0.39, 0.29) is 5.56 Å². The Hall–Kier alpha value is -4.70. The molecule has 0 atom stereocenters. The van der Waals surface area contributed by atoms with Crippen LogP contribution in [0.4, 0.5) is 0 Å². The molecule has 0 unspecified atom stereocenters. The van der Waals surface area contributed by atoms with E-state index in [1.54, 1.807) is 0 Å². The molecule has 0 aliphatic heterocycles. The average Bonchev–Trinajstić information content (AvgIpc) is 3.44. The van der Waals surface area contributed by atoms with Crippen LogP contribution in [-0.2, 0) is 0 Å². The second-order valence-corrected chi connectivity index (χ2v) is 8.79. The Balaban J connectivity index is 1.57. The predicted octanol–water partition coefficient (Wildman–Crippen LogP) is 6.59. The molecule has 34 heavy (non-hydrogen) atoms. The molecule has 5 aromatic carbocycles. The molecule has 0 spiro atoms. The van der Waals surface area contributed by atoms with Gasteiger partial charge in [-0.15, -0.1) is 0 Å². The Morgan fingerprint density at radius 2 is 1.21 bits per heavy atom. The molecular weight excluding hydrogens is 418 g/mol. The third-order valence-corrected chi connectivity index (χ3v) is 7.08. The van der Waals surface area contributed by atoms with Crippen molar-refractivity contribution in [2.24, 2.45) is 0 Å². The lowest BCUT2D eigenvalue weighted by Crippen LogP contribution is -2.22. The van der Waals surface area contributed by atoms with Crippen molar-refractivity contribution >= 4 is 38.5 Å². The van der Waals surface area contributed by atoms with Gasteiger partial charge in [0.2, 0.25) is 5.65 Å². The summed E-state index contributed by atoms with van der Waals surface area (Å²) in [7, 11) is 0. The van der Waals surface area contributed by atoms with Gasteiger partial charge in [-0.05, 0) is 58.0 Å². The van der Waals surface area contributed by atoms with E-state index in [2.05, 4.69) is 60.7 Å². The number of rotatable bonds is 1. The first kappa shape index (κ1) is 17.8. The van der Waals surface area contributed by atoms with Crippen LogP contribution >= 0.6 is 0 Å². The van der Waals surface area contributed by atoms with Crippen molar-refractivity contribution in [2.45, 2.75) is 0 Å². The molecule has 0 saturated carbocycles. The SMILES string of the molecule is O=c1c2nc3ccccc3n2c2ccccc2n1-c1ccc2c3c(cccc13)-c1ccccc1-2. The van der Waals surface area contributed by atoms with Crippen LogP contribution in [-0.4, -0.2) is 14.0 Å². The van der Waals surface area contributed by atoms with Crippen molar-refractivity contribution in [1.82, 2.24) is 14.0 Å². The maximum atomic E-state index is 14.0. The lowest BCUT2D eigenvalue weighted by molar-refractivity contribution is 1.03. The van der Waals surface area contributed by atoms with E-state index >= 15 is 0 Å². The van der Waals surface area contributed by atoms with Gasteiger partial charge in [-0.2, -0.15) is 0 Å². The lowest BCUT2D eigenvalue weighted by atomic mass is 10.0. The van der Waals surface area contributed by atoms with Gasteiger partial charge < -0.3 is 0 Å². The third kappa shape index (κ3) is 2.08. The van der Waals surface area contributed by atoms with Crippen LogP contribution in [0.2, 0.25) is 0 Å². The van der Waals surface area contributed by atoms with E-state index in [0.717, 1.165) is 33.1 Å². The Morgan fingerprint density at radius 3 is 2.03 bits per heavy atom. The van der Waals surface area contributed by atoms with Gasteiger partial charge in [0.25, 0.3) is 5.56 Å². The molecule has 158 valence electrons. The van der Waals surface area contributed by atoms with E-state index < -0.39 is 0 Å². The number of imidazole rings is 1. The van der Waals surface area contributed by atoms with Gasteiger partial charge in [0.15, 0.2) is 0 Å². The summed E-state index contributed by atoms with van der Waals surface area (Å²) in [5.74, 6) is 0. The molecule has 8 rings (SSSR count). The summed E-state index contributed by atoms with van der Waals surface area (Å²) >= 11 is 0. The highest BCUT2D eigenvalue weighted by Crippen LogP contribution is 2.48. The fourth-order valence-corrected chi connectivity index (χ4v) is 5.69. The van der Waals surface area contributed by atoms with Crippen molar-refractivity contribution in [1.29, 1.82) is 0 Å². The van der Waals surface area contributed by atoms with E-state index in [1.807, 2.05) is 51.4 Å². The predicted molar refractivity (Wildman–Crippen MR) is 138 cm³/mol. The topological polar surface area (TPSA) is 39.3 Å². The normalized spacial score (nSPS) is 12.2. The minimum atomic E-state index is -0.119. The van der Waals surface area contributed by atoms with E-state index in [9.17, 15) is 4.79 Å². The minimum Gasteiger partial charge on any atom is -0.286 e. The highest BCUT2D eigenvalue weighted by atomic mass is 16.1. The number of fused-ring (bicyclic) bond motifs is 8. The molecule has 7 aromatic rings. The number of hydrogen-bond donors (Lipinski definition) is 0. The Bertz CT molecular complexity index is 2020. The Kier molecular flexibility index (Phi) is 3.25. The lowest BCUT2D eigenvalue weighted by Gasteiger charge is -2.15. The third-order valence-electron chi connectivity index (χ3n) is 7.08. The molecular formula is C30H17N3O. The number of aromatic nitrogens is 3. The molecule has 2 heterocycles. The molecule has 4 nitrogen and oxygen atoms in total. The summed E-state index contributed by atoms with van der Waals surface area (Å²) in [6, 6.07) is 35.1. The standard InChI is InChI=1S/C30H17N3O/c34-30-29-31-23-12-3-4-13-25(23)32(29)26-14-5-6-15-27(26)33(30)24-17-16-21-19-9-2-1-8-18(19)20-10-7-11-22(24)28(20)21/h1-17H. The minimum absolute atomic E-state index is 0.119. The van der Waals surface area contributed by atoms with Crippen LogP contribution in [0.1, 0.15) is 0 Å². The zero-order valence-corrected chi connectivity index (χ0v) is 18.1. The van der Waals surface area contributed by atoms with Crippen LogP contribution in [0, 0.1) is 0 Å². The zero-order valence-electron chi connectivity index (χ0n) is 18.1. The molecule has 1 aliphatic carbocycles. The van der Waals surface area contributed by atoms with Gasteiger partial charge in [0.05, 0.1) is 27.8 Å². The van der Waals surface area contributed by atoms with Gasteiger partial charge >= 0.3 is 0 Å². The summed E-state index contributed by atoms with van der Waals surface area (Å²) in [5, 5.41) is 2.27. The molecule has 0 radical (unpaired) electrons. The van der Waals surface area contributed by atoms with Gasteiger partial charge in [-0.3, -0.25) is 13.8 Å². The van der Waals surface area contributed by atoms with Crippen molar-refractivity contribution in [3.8, 4) is 27.9 Å². The Morgan fingerprint density at radius 1 is 0.559 bits per heavy atom. The van der Waals surface area contributed by atoms with Crippen molar-refractivity contribution in [3.63, 3.8) is 0 Å². The molecule has 0 amide bonds.